The van der Waals surface area contributed by atoms with Crippen LogP contribution < -0.4 is 0 Å². The molecule has 0 aliphatic carbocycles. The van der Waals surface area contributed by atoms with Crippen LogP contribution in [-0.4, -0.2) is 11.1 Å². The van der Waals surface area contributed by atoms with Crippen molar-refractivity contribution in [2.45, 2.75) is 33.1 Å². The van der Waals surface area contributed by atoms with Gasteiger partial charge < -0.3 is 5.11 Å². The Bertz CT molecular complexity index is 325. The molecule has 0 aromatic heterocycles. The average Bonchev–Trinajstić information content (AvgIpc) is 2.18. The maximum atomic E-state index is 10.7. The van der Waals surface area contributed by atoms with Crippen molar-refractivity contribution in [1.29, 1.82) is 0 Å². The van der Waals surface area contributed by atoms with Crippen LogP contribution in [0.4, 0.5) is 0 Å². The first kappa shape index (κ1) is 11.8. The Morgan fingerprint density at radius 3 is 2.13 bits per heavy atom. The molecule has 1 aromatic rings. The first-order chi connectivity index (χ1) is 7.00. The lowest BCUT2D eigenvalue weighted by molar-refractivity contribution is -0.141. The van der Waals surface area contributed by atoms with E-state index in [9.17, 15) is 4.79 Å². The van der Waals surface area contributed by atoms with E-state index < -0.39 is 5.97 Å². The monoisotopic (exact) mass is 206 g/mol. The van der Waals surface area contributed by atoms with Crippen molar-refractivity contribution in [3.8, 4) is 0 Å². The summed E-state index contributed by atoms with van der Waals surface area (Å²) in [6.45, 7) is 6.03. The van der Waals surface area contributed by atoms with Crippen LogP contribution in [0.2, 0.25) is 0 Å². The maximum absolute atomic E-state index is 10.7. The van der Waals surface area contributed by atoms with Gasteiger partial charge in [-0.3, -0.25) is 4.79 Å². The van der Waals surface area contributed by atoms with E-state index in [1.807, 2.05) is 12.1 Å². The van der Waals surface area contributed by atoms with Gasteiger partial charge in [0.05, 0.1) is 5.92 Å². The summed E-state index contributed by atoms with van der Waals surface area (Å²) in [6, 6.07) is 8.20. The molecule has 0 bridgehead atoms. The van der Waals surface area contributed by atoms with Crippen LogP contribution in [0.1, 0.15) is 37.8 Å². The van der Waals surface area contributed by atoms with Crippen LogP contribution >= 0.6 is 0 Å². The summed E-state index contributed by atoms with van der Waals surface area (Å²) in [5, 5.41) is 8.79. The Hall–Kier alpha value is -1.31. The summed E-state index contributed by atoms with van der Waals surface area (Å²) >= 11 is 0. The third-order valence-corrected chi connectivity index (χ3v) is 2.61. The SMILES string of the molecule is CC(C)c1ccc(C[C@@H](C)C(=O)O)cc1. The third-order valence-electron chi connectivity index (χ3n) is 2.61. The molecule has 2 nitrogen and oxygen atoms in total. The van der Waals surface area contributed by atoms with Gasteiger partial charge in [0.15, 0.2) is 0 Å². The standard InChI is InChI=1S/C13H18O2/c1-9(2)12-6-4-11(5-7-12)8-10(3)13(14)15/h4-7,9-10H,8H2,1-3H3,(H,14,15)/t10-/m1/s1. The minimum absolute atomic E-state index is 0.310. The largest absolute Gasteiger partial charge is 0.481 e. The van der Waals surface area contributed by atoms with Crippen molar-refractivity contribution in [2.75, 3.05) is 0 Å². The molecule has 0 amide bonds. The number of carboxylic acids is 1. The molecule has 1 atom stereocenters. The molecular formula is C13H18O2. The fourth-order valence-corrected chi connectivity index (χ4v) is 1.48. The van der Waals surface area contributed by atoms with Gasteiger partial charge in [0, 0.05) is 0 Å². The van der Waals surface area contributed by atoms with Crippen molar-refractivity contribution in [3.63, 3.8) is 0 Å². The van der Waals surface area contributed by atoms with Gasteiger partial charge in [0.1, 0.15) is 0 Å². The first-order valence-electron chi connectivity index (χ1n) is 5.32. The Balaban J connectivity index is 2.68. The number of carbonyl (C=O) groups is 1. The Morgan fingerprint density at radius 2 is 1.73 bits per heavy atom. The van der Waals surface area contributed by atoms with E-state index in [-0.39, 0.29) is 5.92 Å². The highest BCUT2D eigenvalue weighted by molar-refractivity contribution is 5.69. The van der Waals surface area contributed by atoms with Crippen LogP contribution in [0.5, 0.6) is 0 Å². The molecule has 1 N–H and O–H groups in total. The number of aliphatic carboxylic acids is 1. The highest BCUT2D eigenvalue weighted by Crippen LogP contribution is 2.16. The van der Waals surface area contributed by atoms with E-state index in [2.05, 4.69) is 26.0 Å². The predicted molar refractivity (Wildman–Crippen MR) is 61.0 cm³/mol. The third kappa shape index (κ3) is 3.39. The maximum Gasteiger partial charge on any atom is 0.306 e. The fourth-order valence-electron chi connectivity index (χ4n) is 1.48. The van der Waals surface area contributed by atoms with Crippen molar-refractivity contribution in [3.05, 3.63) is 35.4 Å². The number of hydrogen-bond acceptors (Lipinski definition) is 1. The zero-order valence-corrected chi connectivity index (χ0v) is 9.53. The van der Waals surface area contributed by atoms with Crippen molar-refractivity contribution < 1.29 is 9.90 Å². The van der Waals surface area contributed by atoms with Gasteiger partial charge in [-0.2, -0.15) is 0 Å². The van der Waals surface area contributed by atoms with Crippen molar-refractivity contribution in [1.82, 2.24) is 0 Å². The molecule has 15 heavy (non-hydrogen) atoms. The van der Waals surface area contributed by atoms with Crippen LogP contribution in [0.25, 0.3) is 0 Å². The molecule has 0 saturated carbocycles. The first-order valence-corrected chi connectivity index (χ1v) is 5.32. The molecular weight excluding hydrogens is 188 g/mol. The normalized spacial score (nSPS) is 12.8. The average molecular weight is 206 g/mol. The van der Waals surface area contributed by atoms with E-state index >= 15 is 0 Å². The second-order valence-electron chi connectivity index (χ2n) is 4.34. The second-order valence-corrected chi connectivity index (χ2v) is 4.34. The highest BCUT2D eigenvalue weighted by atomic mass is 16.4. The second kappa shape index (κ2) is 4.96. The number of carboxylic acid groups (broad SMARTS) is 1. The van der Waals surface area contributed by atoms with Gasteiger partial charge in [-0.25, -0.2) is 0 Å². The summed E-state index contributed by atoms with van der Waals surface area (Å²) in [5.74, 6) is -0.520. The number of benzene rings is 1. The van der Waals surface area contributed by atoms with E-state index in [4.69, 9.17) is 5.11 Å². The Kier molecular flexibility index (Phi) is 3.89. The van der Waals surface area contributed by atoms with E-state index in [0.717, 1.165) is 5.56 Å². The number of hydrogen-bond donors (Lipinski definition) is 1. The summed E-state index contributed by atoms with van der Waals surface area (Å²) in [4.78, 5) is 10.7. The molecule has 0 fully saturated rings. The number of rotatable bonds is 4. The van der Waals surface area contributed by atoms with Crippen LogP contribution in [0, 0.1) is 5.92 Å². The van der Waals surface area contributed by atoms with Crippen molar-refractivity contribution >= 4 is 5.97 Å². The molecule has 1 aromatic carbocycles. The smallest absolute Gasteiger partial charge is 0.306 e. The molecule has 0 heterocycles. The Labute approximate surface area is 90.9 Å². The van der Waals surface area contributed by atoms with Gasteiger partial charge in [-0.15, -0.1) is 0 Å². The lowest BCUT2D eigenvalue weighted by Crippen LogP contribution is -2.12. The van der Waals surface area contributed by atoms with E-state index in [1.165, 1.54) is 5.56 Å². The van der Waals surface area contributed by atoms with Gasteiger partial charge in [0.2, 0.25) is 0 Å². The quantitative estimate of drug-likeness (QED) is 0.822. The molecule has 2 heteroatoms. The molecule has 0 unspecified atom stereocenters. The molecule has 0 aliphatic rings. The topological polar surface area (TPSA) is 37.3 Å². The minimum atomic E-state index is -0.733. The minimum Gasteiger partial charge on any atom is -0.481 e. The summed E-state index contributed by atoms with van der Waals surface area (Å²) in [7, 11) is 0. The zero-order chi connectivity index (χ0) is 11.4. The molecule has 0 radical (unpaired) electrons. The van der Waals surface area contributed by atoms with Gasteiger partial charge >= 0.3 is 5.97 Å². The lowest BCUT2D eigenvalue weighted by Gasteiger charge is -2.08. The van der Waals surface area contributed by atoms with Crippen molar-refractivity contribution in [2.24, 2.45) is 5.92 Å². The molecule has 0 aliphatic heterocycles. The summed E-state index contributed by atoms with van der Waals surface area (Å²) < 4.78 is 0. The molecule has 0 spiro atoms. The lowest BCUT2D eigenvalue weighted by atomic mass is 9.97. The zero-order valence-electron chi connectivity index (χ0n) is 9.53. The van der Waals surface area contributed by atoms with Crippen LogP contribution in [0.3, 0.4) is 0 Å². The Morgan fingerprint density at radius 1 is 1.20 bits per heavy atom. The van der Waals surface area contributed by atoms with Gasteiger partial charge in [0.25, 0.3) is 0 Å². The van der Waals surface area contributed by atoms with E-state index in [0.29, 0.717) is 12.3 Å². The summed E-state index contributed by atoms with van der Waals surface area (Å²) in [5.41, 5.74) is 2.39. The summed E-state index contributed by atoms with van der Waals surface area (Å²) in [6.07, 6.45) is 0.605. The predicted octanol–water partition coefficient (Wildman–Crippen LogP) is 3.07. The fraction of sp³-hybridized carbons (Fsp3) is 0.462. The molecule has 1 rings (SSSR count). The molecule has 82 valence electrons. The van der Waals surface area contributed by atoms with Gasteiger partial charge in [-0.05, 0) is 23.5 Å². The van der Waals surface area contributed by atoms with E-state index in [1.54, 1.807) is 6.92 Å². The van der Waals surface area contributed by atoms with Crippen LogP contribution in [-0.2, 0) is 11.2 Å². The van der Waals surface area contributed by atoms with Gasteiger partial charge in [-0.1, -0.05) is 45.0 Å². The molecule has 0 saturated heterocycles. The van der Waals surface area contributed by atoms with Crippen LogP contribution in [0.15, 0.2) is 24.3 Å². The highest BCUT2D eigenvalue weighted by Gasteiger charge is 2.11.